The average molecular weight is 227 g/mol. The minimum absolute atomic E-state index is 0.272. The maximum Gasteiger partial charge on any atom is 0.0558 e. The molecule has 0 amide bonds. The fraction of sp³-hybridized carbons (Fsp3) is 0.667. The highest BCUT2D eigenvalue weighted by atomic mass is 32.1. The quantitative estimate of drug-likeness (QED) is 0.737. The third-order valence-electron chi connectivity index (χ3n) is 2.50. The van der Waals surface area contributed by atoms with Gasteiger partial charge in [-0.05, 0) is 30.8 Å². The maximum atomic E-state index is 8.95. The summed E-state index contributed by atoms with van der Waals surface area (Å²) in [5, 5.41) is 11.1. The summed E-state index contributed by atoms with van der Waals surface area (Å²) in [6.45, 7) is 5.47. The van der Waals surface area contributed by atoms with Gasteiger partial charge in [-0.2, -0.15) is 0 Å². The average Bonchev–Trinajstić information content (AvgIpc) is 2.75. The second-order valence-electron chi connectivity index (χ2n) is 3.75. The van der Waals surface area contributed by atoms with Gasteiger partial charge in [0.25, 0.3) is 0 Å². The van der Waals surface area contributed by atoms with Gasteiger partial charge in [0, 0.05) is 18.0 Å². The van der Waals surface area contributed by atoms with Gasteiger partial charge in [0.2, 0.25) is 0 Å². The molecule has 1 aromatic heterocycles. The van der Waals surface area contributed by atoms with Crippen molar-refractivity contribution in [3.05, 3.63) is 22.4 Å². The predicted molar refractivity (Wildman–Crippen MR) is 66.5 cm³/mol. The van der Waals surface area contributed by atoms with Gasteiger partial charge in [-0.15, -0.1) is 11.3 Å². The molecule has 15 heavy (non-hydrogen) atoms. The van der Waals surface area contributed by atoms with E-state index in [4.69, 9.17) is 5.11 Å². The van der Waals surface area contributed by atoms with Crippen LogP contribution in [0.5, 0.6) is 0 Å². The molecule has 0 bridgehead atoms. The number of nitrogens with zero attached hydrogens (tertiary/aromatic N) is 1. The van der Waals surface area contributed by atoms with E-state index in [0.29, 0.717) is 0 Å². The molecule has 0 fully saturated rings. The molecule has 1 rings (SSSR count). The van der Waals surface area contributed by atoms with Crippen molar-refractivity contribution in [2.45, 2.75) is 26.2 Å². The minimum atomic E-state index is 0.272. The van der Waals surface area contributed by atoms with Crippen molar-refractivity contribution < 1.29 is 5.11 Å². The summed E-state index contributed by atoms with van der Waals surface area (Å²) in [6.07, 6.45) is 3.56. The Morgan fingerprint density at radius 1 is 1.33 bits per heavy atom. The van der Waals surface area contributed by atoms with E-state index in [-0.39, 0.29) is 6.61 Å². The molecule has 0 spiro atoms. The molecule has 0 saturated carbocycles. The largest absolute Gasteiger partial charge is 0.395 e. The van der Waals surface area contributed by atoms with Crippen molar-refractivity contribution in [2.24, 2.45) is 0 Å². The number of hydrogen-bond donors (Lipinski definition) is 1. The van der Waals surface area contributed by atoms with E-state index in [0.717, 1.165) is 26.1 Å². The van der Waals surface area contributed by atoms with Crippen molar-refractivity contribution in [2.75, 3.05) is 26.2 Å². The third-order valence-corrected chi connectivity index (χ3v) is 3.43. The molecule has 0 saturated heterocycles. The predicted octanol–water partition coefficient (Wildman–Crippen LogP) is 2.39. The van der Waals surface area contributed by atoms with Gasteiger partial charge in [-0.25, -0.2) is 0 Å². The summed E-state index contributed by atoms with van der Waals surface area (Å²) in [5.41, 5.74) is 0. The van der Waals surface area contributed by atoms with Gasteiger partial charge in [0.1, 0.15) is 0 Å². The minimum Gasteiger partial charge on any atom is -0.395 e. The molecule has 0 atom stereocenters. The molecule has 0 radical (unpaired) electrons. The number of hydrogen-bond acceptors (Lipinski definition) is 3. The standard InChI is InChI=1S/C12H21NOS/c1-2-3-7-13(9-10-14)8-6-12-5-4-11-15-12/h4-5,11,14H,2-3,6-10H2,1H3. The van der Waals surface area contributed by atoms with Crippen LogP contribution >= 0.6 is 11.3 Å². The first-order chi connectivity index (χ1) is 7.36. The Bertz CT molecular complexity index is 236. The molecule has 1 N–H and O–H groups in total. The Labute approximate surface area is 96.5 Å². The topological polar surface area (TPSA) is 23.5 Å². The first kappa shape index (κ1) is 12.7. The lowest BCUT2D eigenvalue weighted by Crippen LogP contribution is -2.30. The molecule has 86 valence electrons. The van der Waals surface area contributed by atoms with Crippen LogP contribution in [-0.4, -0.2) is 36.2 Å². The van der Waals surface area contributed by atoms with Crippen LogP contribution in [0.3, 0.4) is 0 Å². The number of aliphatic hydroxyl groups excluding tert-OH is 1. The Balaban J connectivity index is 2.24. The van der Waals surface area contributed by atoms with Crippen LogP contribution in [0.4, 0.5) is 0 Å². The molecular weight excluding hydrogens is 206 g/mol. The molecule has 0 aliphatic carbocycles. The van der Waals surface area contributed by atoms with Gasteiger partial charge in [-0.1, -0.05) is 19.4 Å². The smallest absolute Gasteiger partial charge is 0.0558 e. The molecule has 1 heterocycles. The van der Waals surface area contributed by atoms with Crippen molar-refractivity contribution in [3.8, 4) is 0 Å². The molecule has 0 aromatic carbocycles. The highest BCUT2D eigenvalue weighted by molar-refractivity contribution is 7.09. The van der Waals surface area contributed by atoms with E-state index in [1.807, 2.05) is 11.3 Å². The summed E-state index contributed by atoms with van der Waals surface area (Å²) in [6, 6.07) is 4.28. The Hall–Kier alpha value is -0.380. The van der Waals surface area contributed by atoms with Crippen LogP contribution in [0.25, 0.3) is 0 Å². The summed E-state index contributed by atoms with van der Waals surface area (Å²) in [7, 11) is 0. The normalized spacial score (nSPS) is 11.1. The number of unbranched alkanes of at least 4 members (excludes halogenated alkanes) is 1. The van der Waals surface area contributed by atoms with E-state index in [2.05, 4.69) is 29.3 Å². The van der Waals surface area contributed by atoms with Gasteiger partial charge < -0.3 is 10.0 Å². The van der Waals surface area contributed by atoms with Crippen LogP contribution in [0.1, 0.15) is 24.6 Å². The third kappa shape index (κ3) is 5.30. The van der Waals surface area contributed by atoms with Crippen LogP contribution in [0.2, 0.25) is 0 Å². The molecule has 1 aromatic rings. The van der Waals surface area contributed by atoms with E-state index in [9.17, 15) is 0 Å². The second-order valence-corrected chi connectivity index (χ2v) is 4.78. The van der Waals surface area contributed by atoms with E-state index < -0.39 is 0 Å². The number of aliphatic hydroxyl groups is 1. The van der Waals surface area contributed by atoms with Crippen molar-refractivity contribution in [3.63, 3.8) is 0 Å². The van der Waals surface area contributed by atoms with E-state index in [1.165, 1.54) is 17.7 Å². The SMILES string of the molecule is CCCCN(CCO)CCc1cccs1. The lowest BCUT2D eigenvalue weighted by atomic mass is 10.2. The van der Waals surface area contributed by atoms with Crippen LogP contribution in [0, 0.1) is 0 Å². The van der Waals surface area contributed by atoms with Crippen LogP contribution < -0.4 is 0 Å². The van der Waals surface area contributed by atoms with E-state index >= 15 is 0 Å². The second kappa shape index (κ2) is 7.85. The molecule has 0 unspecified atom stereocenters. The highest BCUT2D eigenvalue weighted by Crippen LogP contribution is 2.09. The summed E-state index contributed by atoms with van der Waals surface area (Å²) >= 11 is 1.82. The molecular formula is C12H21NOS. The Kier molecular flexibility index (Phi) is 6.64. The van der Waals surface area contributed by atoms with Crippen molar-refractivity contribution in [1.29, 1.82) is 0 Å². The molecule has 0 aliphatic rings. The van der Waals surface area contributed by atoms with Crippen molar-refractivity contribution >= 4 is 11.3 Å². The highest BCUT2D eigenvalue weighted by Gasteiger charge is 2.04. The lowest BCUT2D eigenvalue weighted by molar-refractivity contribution is 0.195. The van der Waals surface area contributed by atoms with Crippen LogP contribution in [-0.2, 0) is 6.42 Å². The fourth-order valence-corrected chi connectivity index (χ4v) is 2.28. The molecule has 2 nitrogen and oxygen atoms in total. The summed E-state index contributed by atoms with van der Waals surface area (Å²) in [5.74, 6) is 0. The van der Waals surface area contributed by atoms with Gasteiger partial charge in [0.15, 0.2) is 0 Å². The molecule has 3 heteroatoms. The zero-order chi connectivity index (χ0) is 10.9. The zero-order valence-electron chi connectivity index (χ0n) is 9.48. The zero-order valence-corrected chi connectivity index (χ0v) is 10.3. The van der Waals surface area contributed by atoms with E-state index in [1.54, 1.807) is 0 Å². The van der Waals surface area contributed by atoms with Gasteiger partial charge in [0.05, 0.1) is 6.61 Å². The van der Waals surface area contributed by atoms with Gasteiger partial charge in [-0.3, -0.25) is 0 Å². The fourth-order valence-electron chi connectivity index (χ4n) is 1.58. The molecule has 0 aliphatic heterocycles. The van der Waals surface area contributed by atoms with Crippen LogP contribution in [0.15, 0.2) is 17.5 Å². The Morgan fingerprint density at radius 2 is 2.20 bits per heavy atom. The maximum absolute atomic E-state index is 8.95. The number of rotatable bonds is 8. The first-order valence-electron chi connectivity index (χ1n) is 5.72. The summed E-state index contributed by atoms with van der Waals surface area (Å²) in [4.78, 5) is 3.79. The monoisotopic (exact) mass is 227 g/mol. The lowest BCUT2D eigenvalue weighted by Gasteiger charge is -2.20. The van der Waals surface area contributed by atoms with Gasteiger partial charge >= 0.3 is 0 Å². The first-order valence-corrected chi connectivity index (χ1v) is 6.60. The number of thiophene rings is 1. The summed E-state index contributed by atoms with van der Waals surface area (Å²) < 4.78 is 0. The van der Waals surface area contributed by atoms with Crippen molar-refractivity contribution in [1.82, 2.24) is 4.90 Å². The Morgan fingerprint density at radius 3 is 2.80 bits per heavy atom.